The second-order valence-electron chi connectivity index (χ2n) is 7.35. The van der Waals surface area contributed by atoms with Crippen LogP contribution in [0.1, 0.15) is 25.7 Å². The number of aromatic nitrogens is 2. The number of hydrogen-bond acceptors (Lipinski definition) is 4. The van der Waals surface area contributed by atoms with Crippen LogP contribution in [0.15, 0.2) is 36.7 Å². The highest BCUT2D eigenvalue weighted by molar-refractivity contribution is 5.58. The van der Waals surface area contributed by atoms with Gasteiger partial charge in [-0.05, 0) is 57.8 Å². The Morgan fingerprint density at radius 3 is 3.08 bits per heavy atom. The fraction of sp³-hybridized carbons (Fsp3) is 0.571. The number of rotatable bonds is 9. The van der Waals surface area contributed by atoms with Gasteiger partial charge in [0.2, 0.25) is 0 Å². The molecular weight excluding hydrogens is 326 g/mol. The Bertz CT molecular complexity index is 663. The molecule has 3 rings (SSSR count). The summed E-state index contributed by atoms with van der Waals surface area (Å²) >= 11 is 0. The second kappa shape index (κ2) is 9.74. The Kier molecular flexibility index (Phi) is 7.09. The standard InChI is InChI=1S/C21H31N3O2/c1-23(2)11-5-15-26-20-8-3-7-19(16-20)21-22-10-13-24(21)12-9-18-6-4-14-25-17-18/h3,7-8,10,13,16,18H,4-6,9,11-12,14-15,17H2,1-2H3. The highest BCUT2D eigenvalue weighted by atomic mass is 16.5. The Morgan fingerprint density at radius 1 is 1.35 bits per heavy atom. The van der Waals surface area contributed by atoms with Crippen LogP contribution in [0, 0.1) is 5.92 Å². The van der Waals surface area contributed by atoms with Crippen LogP contribution in [0.5, 0.6) is 5.75 Å². The van der Waals surface area contributed by atoms with Gasteiger partial charge in [0.1, 0.15) is 11.6 Å². The summed E-state index contributed by atoms with van der Waals surface area (Å²) in [5, 5.41) is 0. The average molecular weight is 357 g/mol. The second-order valence-corrected chi connectivity index (χ2v) is 7.35. The summed E-state index contributed by atoms with van der Waals surface area (Å²) in [6.45, 7) is 4.58. The van der Waals surface area contributed by atoms with Crippen LogP contribution in [0.2, 0.25) is 0 Å². The zero-order chi connectivity index (χ0) is 18.2. The summed E-state index contributed by atoms with van der Waals surface area (Å²) in [7, 11) is 4.17. The molecule has 1 unspecified atom stereocenters. The van der Waals surface area contributed by atoms with Gasteiger partial charge in [0.15, 0.2) is 0 Å². The first kappa shape index (κ1) is 18.9. The van der Waals surface area contributed by atoms with Crippen molar-refractivity contribution in [1.29, 1.82) is 0 Å². The van der Waals surface area contributed by atoms with E-state index in [4.69, 9.17) is 9.47 Å². The molecular formula is C21H31N3O2. The van der Waals surface area contributed by atoms with Gasteiger partial charge in [-0.1, -0.05) is 12.1 Å². The van der Waals surface area contributed by atoms with Crippen molar-refractivity contribution in [1.82, 2.24) is 14.5 Å². The summed E-state index contributed by atoms with van der Waals surface area (Å²) in [5.74, 6) is 2.60. The molecule has 1 aliphatic heterocycles. The SMILES string of the molecule is CN(C)CCCOc1cccc(-c2nccn2CCC2CCCOC2)c1. The van der Waals surface area contributed by atoms with Crippen molar-refractivity contribution in [2.24, 2.45) is 5.92 Å². The topological polar surface area (TPSA) is 39.5 Å². The van der Waals surface area contributed by atoms with Gasteiger partial charge in [0.05, 0.1) is 6.61 Å². The minimum absolute atomic E-state index is 0.672. The molecule has 0 aliphatic carbocycles. The van der Waals surface area contributed by atoms with Crippen molar-refractivity contribution in [3.63, 3.8) is 0 Å². The lowest BCUT2D eigenvalue weighted by Gasteiger charge is -2.22. The normalized spacial score (nSPS) is 17.6. The van der Waals surface area contributed by atoms with Crippen LogP contribution >= 0.6 is 0 Å². The van der Waals surface area contributed by atoms with Gasteiger partial charge < -0.3 is 18.9 Å². The maximum atomic E-state index is 5.91. The molecule has 2 aromatic rings. The third-order valence-electron chi connectivity index (χ3n) is 4.86. The smallest absolute Gasteiger partial charge is 0.140 e. The van der Waals surface area contributed by atoms with E-state index in [9.17, 15) is 0 Å². The van der Waals surface area contributed by atoms with Crippen LogP contribution in [0.4, 0.5) is 0 Å². The minimum Gasteiger partial charge on any atom is -0.494 e. The number of imidazole rings is 1. The van der Waals surface area contributed by atoms with Crippen LogP contribution in [-0.2, 0) is 11.3 Å². The van der Waals surface area contributed by atoms with E-state index < -0.39 is 0 Å². The number of benzene rings is 1. The molecule has 26 heavy (non-hydrogen) atoms. The molecule has 1 saturated heterocycles. The van der Waals surface area contributed by atoms with Gasteiger partial charge in [-0.25, -0.2) is 4.98 Å². The maximum absolute atomic E-state index is 5.91. The lowest BCUT2D eigenvalue weighted by Crippen LogP contribution is -2.19. The van der Waals surface area contributed by atoms with Gasteiger partial charge >= 0.3 is 0 Å². The van der Waals surface area contributed by atoms with Gasteiger partial charge in [-0.3, -0.25) is 0 Å². The summed E-state index contributed by atoms with van der Waals surface area (Å²) in [5.41, 5.74) is 1.11. The first-order valence-corrected chi connectivity index (χ1v) is 9.69. The van der Waals surface area contributed by atoms with Crippen molar-refractivity contribution in [3.05, 3.63) is 36.7 Å². The van der Waals surface area contributed by atoms with Crippen molar-refractivity contribution in [2.45, 2.75) is 32.2 Å². The quantitative estimate of drug-likeness (QED) is 0.642. The van der Waals surface area contributed by atoms with E-state index in [1.54, 1.807) is 0 Å². The number of aryl methyl sites for hydroxylation is 1. The zero-order valence-corrected chi connectivity index (χ0v) is 16.1. The molecule has 1 aliphatic rings. The summed E-state index contributed by atoms with van der Waals surface area (Å²) in [6, 6.07) is 8.27. The molecule has 5 heteroatoms. The van der Waals surface area contributed by atoms with Crippen LogP contribution < -0.4 is 4.74 Å². The lowest BCUT2D eigenvalue weighted by molar-refractivity contribution is 0.0501. The fourth-order valence-corrected chi connectivity index (χ4v) is 3.40. The summed E-state index contributed by atoms with van der Waals surface area (Å²) in [4.78, 5) is 6.75. The van der Waals surface area contributed by atoms with E-state index >= 15 is 0 Å². The predicted molar refractivity (Wildman–Crippen MR) is 104 cm³/mol. The molecule has 5 nitrogen and oxygen atoms in total. The van der Waals surface area contributed by atoms with Crippen molar-refractivity contribution < 1.29 is 9.47 Å². The van der Waals surface area contributed by atoms with Crippen LogP contribution in [0.25, 0.3) is 11.4 Å². The number of ether oxygens (including phenoxy) is 2. The Hall–Kier alpha value is -1.85. The lowest BCUT2D eigenvalue weighted by atomic mass is 9.99. The van der Waals surface area contributed by atoms with Crippen molar-refractivity contribution in [2.75, 3.05) is 40.5 Å². The van der Waals surface area contributed by atoms with Gasteiger partial charge in [0, 0.05) is 44.3 Å². The van der Waals surface area contributed by atoms with Crippen LogP contribution in [-0.4, -0.2) is 54.9 Å². The number of hydrogen-bond donors (Lipinski definition) is 0. The Morgan fingerprint density at radius 2 is 2.27 bits per heavy atom. The molecule has 1 aromatic carbocycles. The fourth-order valence-electron chi connectivity index (χ4n) is 3.40. The largest absolute Gasteiger partial charge is 0.494 e. The third kappa shape index (κ3) is 5.58. The molecule has 142 valence electrons. The average Bonchev–Trinajstić information content (AvgIpc) is 3.13. The minimum atomic E-state index is 0.672. The molecule has 1 aromatic heterocycles. The van der Waals surface area contributed by atoms with E-state index in [0.29, 0.717) is 5.92 Å². The first-order chi connectivity index (χ1) is 12.7. The molecule has 0 amide bonds. The Labute approximate surface area is 156 Å². The highest BCUT2D eigenvalue weighted by Crippen LogP contribution is 2.24. The highest BCUT2D eigenvalue weighted by Gasteiger charge is 2.15. The monoisotopic (exact) mass is 357 g/mol. The van der Waals surface area contributed by atoms with Gasteiger partial charge in [-0.2, -0.15) is 0 Å². The third-order valence-corrected chi connectivity index (χ3v) is 4.86. The molecule has 0 bridgehead atoms. The van der Waals surface area contributed by atoms with Gasteiger partial charge in [0.25, 0.3) is 0 Å². The van der Waals surface area contributed by atoms with E-state index in [1.807, 2.05) is 18.3 Å². The Balaban J connectivity index is 1.58. The van der Waals surface area contributed by atoms with Crippen molar-refractivity contribution >= 4 is 0 Å². The summed E-state index contributed by atoms with van der Waals surface area (Å²) < 4.78 is 13.8. The molecule has 1 fully saturated rings. The summed E-state index contributed by atoms with van der Waals surface area (Å²) in [6.07, 6.45) is 8.59. The van der Waals surface area contributed by atoms with E-state index in [-0.39, 0.29) is 0 Å². The molecule has 0 spiro atoms. The van der Waals surface area contributed by atoms with E-state index in [0.717, 1.165) is 62.9 Å². The molecule has 0 saturated carbocycles. The van der Waals surface area contributed by atoms with Gasteiger partial charge in [-0.15, -0.1) is 0 Å². The molecule has 0 N–H and O–H groups in total. The predicted octanol–water partition coefficient (Wildman–Crippen LogP) is 3.70. The zero-order valence-electron chi connectivity index (χ0n) is 16.1. The van der Waals surface area contributed by atoms with Crippen LogP contribution in [0.3, 0.4) is 0 Å². The molecule has 0 radical (unpaired) electrons. The molecule has 1 atom stereocenters. The number of nitrogens with zero attached hydrogens (tertiary/aromatic N) is 3. The maximum Gasteiger partial charge on any atom is 0.140 e. The van der Waals surface area contributed by atoms with Crippen molar-refractivity contribution in [3.8, 4) is 17.1 Å². The first-order valence-electron chi connectivity index (χ1n) is 9.69. The van der Waals surface area contributed by atoms with E-state index in [1.165, 1.54) is 12.8 Å². The molecule has 2 heterocycles. The van der Waals surface area contributed by atoms with E-state index in [2.05, 4.69) is 46.9 Å².